The second-order valence-electron chi connectivity index (χ2n) is 5.79. The molecule has 2 aliphatic rings. The molecule has 1 aromatic rings. The van der Waals surface area contributed by atoms with E-state index in [0.717, 1.165) is 29.8 Å². The van der Waals surface area contributed by atoms with Gasteiger partial charge in [-0.05, 0) is 48.9 Å². The summed E-state index contributed by atoms with van der Waals surface area (Å²) < 4.78 is 5.35. The predicted molar refractivity (Wildman–Crippen MR) is 80.5 cm³/mol. The highest BCUT2D eigenvalue weighted by Gasteiger charge is 2.37. The Morgan fingerprint density at radius 2 is 2.30 bits per heavy atom. The van der Waals surface area contributed by atoms with Gasteiger partial charge in [-0.15, -0.1) is 0 Å². The van der Waals surface area contributed by atoms with Crippen LogP contribution in [0.4, 0.5) is 0 Å². The van der Waals surface area contributed by atoms with Crippen LogP contribution < -0.4 is 10.5 Å². The van der Waals surface area contributed by atoms with E-state index in [0.29, 0.717) is 6.54 Å². The molecule has 1 saturated heterocycles. The van der Waals surface area contributed by atoms with Crippen LogP contribution in [0, 0.1) is 17.8 Å². The number of likely N-dealkylation sites (tertiary alicyclic amines) is 1. The van der Waals surface area contributed by atoms with Crippen molar-refractivity contribution in [2.75, 3.05) is 20.2 Å². The van der Waals surface area contributed by atoms with Crippen LogP contribution in [-0.2, 0) is 6.54 Å². The van der Waals surface area contributed by atoms with Gasteiger partial charge in [0.1, 0.15) is 5.75 Å². The second-order valence-corrected chi connectivity index (χ2v) is 5.79. The van der Waals surface area contributed by atoms with Crippen molar-refractivity contribution in [2.24, 2.45) is 11.7 Å². The van der Waals surface area contributed by atoms with Gasteiger partial charge in [-0.2, -0.15) is 0 Å². The molecular formula is C17H22N2O. The molecule has 2 fully saturated rings. The molecule has 3 nitrogen and oxygen atoms in total. The number of fused-ring (bicyclic) bond motifs is 2. The highest BCUT2D eigenvalue weighted by molar-refractivity contribution is 5.45. The lowest BCUT2D eigenvalue weighted by Gasteiger charge is -2.27. The SMILES string of the molecule is COc1ccc(C#CCN)c(CN2CC3CCC2C3)c1. The molecule has 20 heavy (non-hydrogen) atoms. The van der Waals surface area contributed by atoms with Crippen LogP contribution in [0.15, 0.2) is 18.2 Å². The first kappa shape index (κ1) is 13.5. The Balaban J connectivity index is 1.82. The normalized spacial score (nSPS) is 24.5. The zero-order valence-corrected chi connectivity index (χ0v) is 12.1. The van der Waals surface area contributed by atoms with Gasteiger partial charge in [0.05, 0.1) is 13.7 Å². The van der Waals surface area contributed by atoms with Crippen LogP contribution in [-0.4, -0.2) is 31.1 Å². The van der Waals surface area contributed by atoms with Crippen molar-refractivity contribution in [3.63, 3.8) is 0 Å². The molecule has 1 aromatic carbocycles. The molecule has 3 heteroatoms. The number of benzene rings is 1. The minimum atomic E-state index is 0.403. The second kappa shape index (κ2) is 5.87. The van der Waals surface area contributed by atoms with Crippen molar-refractivity contribution < 1.29 is 4.74 Å². The third-order valence-electron chi connectivity index (χ3n) is 4.53. The van der Waals surface area contributed by atoms with Crippen molar-refractivity contribution in [1.29, 1.82) is 0 Å². The van der Waals surface area contributed by atoms with Gasteiger partial charge in [-0.1, -0.05) is 11.8 Å². The molecule has 2 unspecified atom stereocenters. The highest BCUT2D eigenvalue weighted by atomic mass is 16.5. The van der Waals surface area contributed by atoms with E-state index in [1.165, 1.54) is 31.4 Å². The van der Waals surface area contributed by atoms with Crippen LogP contribution in [0.1, 0.15) is 30.4 Å². The number of hydrogen-bond donors (Lipinski definition) is 1. The summed E-state index contributed by atoms with van der Waals surface area (Å²) in [4.78, 5) is 2.61. The molecule has 0 aromatic heterocycles. The molecule has 3 rings (SSSR count). The number of rotatable bonds is 3. The van der Waals surface area contributed by atoms with Gasteiger partial charge in [-0.3, -0.25) is 4.90 Å². The molecule has 2 bridgehead atoms. The minimum absolute atomic E-state index is 0.403. The number of methoxy groups -OCH3 is 1. The fraction of sp³-hybridized carbons (Fsp3) is 0.529. The maximum absolute atomic E-state index is 5.49. The maximum atomic E-state index is 5.49. The largest absolute Gasteiger partial charge is 0.497 e. The van der Waals surface area contributed by atoms with E-state index >= 15 is 0 Å². The van der Waals surface area contributed by atoms with E-state index in [-0.39, 0.29) is 0 Å². The lowest BCUT2D eigenvalue weighted by Crippen LogP contribution is -2.31. The Labute approximate surface area is 121 Å². The Kier molecular flexibility index (Phi) is 3.95. The van der Waals surface area contributed by atoms with E-state index in [9.17, 15) is 0 Å². The molecule has 1 aliphatic carbocycles. The fourth-order valence-corrected chi connectivity index (χ4v) is 3.54. The summed E-state index contributed by atoms with van der Waals surface area (Å²) in [6.45, 7) is 2.62. The van der Waals surface area contributed by atoms with Gasteiger partial charge in [0, 0.05) is 24.7 Å². The van der Waals surface area contributed by atoms with Crippen LogP contribution in [0.25, 0.3) is 0 Å². The Hall–Kier alpha value is -1.50. The zero-order valence-electron chi connectivity index (χ0n) is 12.1. The number of piperidine rings is 1. The summed E-state index contributed by atoms with van der Waals surface area (Å²) in [5, 5.41) is 0. The van der Waals surface area contributed by atoms with Crippen molar-refractivity contribution in [3.8, 4) is 17.6 Å². The van der Waals surface area contributed by atoms with E-state index in [1.54, 1.807) is 7.11 Å². The van der Waals surface area contributed by atoms with Gasteiger partial charge in [0.2, 0.25) is 0 Å². The fourth-order valence-electron chi connectivity index (χ4n) is 3.54. The summed E-state index contributed by atoms with van der Waals surface area (Å²) in [5.41, 5.74) is 7.83. The first-order valence-corrected chi connectivity index (χ1v) is 7.40. The van der Waals surface area contributed by atoms with Crippen molar-refractivity contribution in [1.82, 2.24) is 4.90 Å². The summed E-state index contributed by atoms with van der Waals surface area (Å²) in [7, 11) is 1.71. The van der Waals surface area contributed by atoms with E-state index in [1.807, 2.05) is 12.1 Å². The summed E-state index contributed by atoms with van der Waals surface area (Å²) in [6.07, 6.45) is 4.16. The third kappa shape index (κ3) is 2.67. The molecule has 106 valence electrons. The molecule has 0 spiro atoms. The summed E-state index contributed by atoms with van der Waals surface area (Å²) in [6, 6.07) is 6.92. The smallest absolute Gasteiger partial charge is 0.119 e. The Bertz CT molecular complexity index is 544. The van der Waals surface area contributed by atoms with Gasteiger partial charge >= 0.3 is 0 Å². The van der Waals surface area contributed by atoms with Gasteiger partial charge in [0.25, 0.3) is 0 Å². The highest BCUT2D eigenvalue weighted by Crippen LogP contribution is 2.38. The Morgan fingerprint density at radius 1 is 1.40 bits per heavy atom. The van der Waals surface area contributed by atoms with Crippen LogP contribution in [0.2, 0.25) is 0 Å². The number of nitrogens with zero attached hydrogens (tertiary/aromatic N) is 1. The molecule has 0 radical (unpaired) electrons. The lowest BCUT2D eigenvalue weighted by molar-refractivity contribution is 0.205. The average Bonchev–Trinajstić information content (AvgIpc) is 3.08. The van der Waals surface area contributed by atoms with E-state index < -0.39 is 0 Å². The number of nitrogens with two attached hydrogens (primary N) is 1. The summed E-state index contributed by atoms with van der Waals surface area (Å²) in [5.74, 6) is 7.97. The van der Waals surface area contributed by atoms with E-state index in [4.69, 9.17) is 10.5 Å². The predicted octanol–water partition coefficient (Wildman–Crippen LogP) is 1.99. The Morgan fingerprint density at radius 3 is 2.95 bits per heavy atom. The lowest BCUT2D eigenvalue weighted by atomic mass is 10.0. The average molecular weight is 270 g/mol. The van der Waals surface area contributed by atoms with Gasteiger partial charge < -0.3 is 10.5 Å². The zero-order chi connectivity index (χ0) is 13.9. The van der Waals surface area contributed by atoms with Crippen LogP contribution in [0.5, 0.6) is 5.75 Å². The quantitative estimate of drug-likeness (QED) is 0.854. The van der Waals surface area contributed by atoms with E-state index in [2.05, 4.69) is 22.8 Å². The van der Waals surface area contributed by atoms with Crippen LogP contribution in [0.3, 0.4) is 0 Å². The monoisotopic (exact) mass is 270 g/mol. The molecule has 1 saturated carbocycles. The minimum Gasteiger partial charge on any atom is -0.497 e. The maximum Gasteiger partial charge on any atom is 0.119 e. The molecule has 2 atom stereocenters. The van der Waals surface area contributed by atoms with Crippen molar-refractivity contribution in [3.05, 3.63) is 29.3 Å². The first-order chi connectivity index (χ1) is 9.80. The molecule has 1 heterocycles. The van der Waals surface area contributed by atoms with Crippen molar-refractivity contribution in [2.45, 2.75) is 31.8 Å². The molecular weight excluding hydrogens is 248 g/mol. The summed E-state index contributed by atoms with van der Waals surface area (Å²) >= 11 is 0. The molecule has 2 N–H and O–H groups in total. The number of ether oxygens (including phenoxy) is 1. The molecule has 1 aliphatic heterocycles. The topological polar surface area (TPSA) is 38.5 Å². The van der Waals surface area contributed by atoms with Crippen molar-refractivity contribution >= 4 is 0 Å². The third-order valence-corrected chi connectivity index (χ3v) is 4.53. The van der Waals surface area contributed by atoms with Gasteiger partial charge in [0.15, 0.2) is 0 Å². The van der Waals surface area contributed by atoms with Crippen LogP contribution >= 0.6 is 0 Å². The van der Waals surface area contributed by atoms with Gasteiger partial charge in [-0.25, -0.2) is 0 Å². The first-order valence-electron chi connectivity index (χ1n) is 7.40. The number of hydrogen-bond acceptors (Lipinski definition) is 3. The molecule has 0 amide bonds. The standard InChI is InChI=1S/C17H22N2O/c1-20-17-7-5-14(3-2-8-18)15(10-17)12-19-11-13-4-6-16(19)9-13/h5,7,10,13,16H,4,6,8-9,11-12,18H2,1H3.